The lowest BCUT2D eigenvalue weighted by Crippen LogP contribution is -2.41. The summed E-state index contributed by atoms with van der Waals surface area (Å²) >= 11 is 0. The third-order valence-corrected chi connectivity index (χ3v) is 6.71. The number of ether oxygens (including phenoxy) is 1. The van der Waals surface area contributed by atoms with Gasteiger partial charge in [-0.3, -0.25) is 0 Å². The molecular formula is C20H26N8O. The fourth-order valence-electron chi connectivity index (χ4n) is 5.44. The quantitative estimate of drug-likeness (QED) is 0.804. The highest BCUT2D eigenvalue weighted by molar-refractivity contribution is 5.65. The second-order valence-corrected chi connectivity index (χ2v) is 8.87. The predicted molar refractivity (Wildman–Crippen MR) is 110 cm³/mol. The van der Waals surface area contributed by atoms with E-state index < -0.39 is 0 Å². The van der Waals surface area contributed by atoms with Gasteiger partial charge < -0.3 is 25.2 Å². The Morgan fingerprint density at radius 1 is 1.00 bits per heavy atom. The zero-order valence-corrected chi connectivity index (χ0v) is 16.6. The van der Waals surface area contributed by atoms with Crippen molar-refractivity contribution in [1.29, 1.82) is 0 Å². The van der Waals surface area contributed by atoms with Gasteiger partial charge in [0.2, 0.25) is 11.9 Å². The third-order valence-electron chi connectivity index (χ3n) is 6.71. The van der Waals surface area contributed by atoms with Gasteiger partial charge in [-0.05, 0) is 25.8 Å². The Kier molecular flexibility index (Phi) is 3.89. The molecule has 0 saturated carbocycles. The van der Waals surface area contributed by atoms with Crippen molar-refractivity contribution in [2.24, 2.45) is 5.92 Å². The molecule has 4 atom stereocenters. The highest BCUT2D eigenvalue weighted by atomic mass is 16.5. The normalized spacial score (nSPS) is 31.1. The highest BCUT2D eigenvalue weighted by Gasteiger charge is 2.41. The maximum Gasteiger partial charge on any atom is 0.228 e. The summed E-state index contributed by atoms with van der Waals surface area (Å²) in [5.41, 5.74) is 7.40. The Morgan fingerprint density at radius 3 is 2.62 bits per heavy atom. The standard InChI is InChI=1S/C20H26N8O/c1-26-7-12-2-14(9-26)28(8-12)20-24-17(13-5-22-19(21)23-6-13)4-18(25-20)27-10-16-3-15(27)11-29-16/h4-6,12,14-16H,2-3,7-11H2,1H3,(H2,21,22,23). The van der Waals surface area contributed by atoms with Gasteiger partial charge in [-0.1, -0.05) is 0 Å². The Bertz CT molecular complexity index is 921. The van der Waals surface area contributed by atoms with E-state index in [0.717, 1.165) is 62.2 Å². The minimum absolute atomic E-state index is 0.272. The lowest BCUT2D eigenvalue weighted by molar-refractivity contribution is 0.0989. The van der Waals surface area contributed by atoms with Gasteiger partial charge in [-0.2, -0.15) is 4.98 Å². The van der Waals surface area contributed by atoms with Crippen molar-refractivity contribution < 1.29 is 4.74 Å². The number of hydrogen-bond donors (Lipinski definition) is 1. The van der Waals surface area contributed by atoms with E-state index in [9.17, 15) is 0 Å². The summed E-state index contributed by atoms with van der Waals surface area (Å²) in [6.45, 7) is 4.91. The summed E-state index contributed by atoms with van der Waals surface area (Å²) in [5.74, 6) is 2.76. The molecule has 4 unspecified atom stereocenters. The number of likely N-dealkylation sites (tertiary alicyclic amines) is 1. The molecule has 152 valence electrons. The zero-order chi connectivity index (χ0) is 19.5. The molecule has 0 aromatic carbocycles. The van der Waals surface area contributed by atoms with Crippen molar-refractivity contribution in [1.82, 2.24) is 24.8 Å². The molecule has 9 heteroatoms. The smallest absolute Gasteiger partial charge is 0.228 e. The number of rotatable bonds is 3. The molecule has 4 aliphatic heterocycles. The second kappa shape index (κ2) is 6.50. The van der Waals surface area contributed by atoms with E-state index in [1.165, 1.54) is 6.42 Å². The molecule has 0 spiro atoms. The Morgan fingerprint density at radius 2 is 1.86 bits per heavy atom. The number of fused-ring (bicyclic) bond motifs is 4. The van der Waals surface area contributed by atoms with E-state index in [1.807, 2.05) is 0 Å². The first-order valence-corrected chi connectivity index (χ1v) is 10.4. The number of hydrogen-bond acceptors (Lipinski definition) is 9. The maximum atomic E-state index is 5.80. The van der Waals surface area contributed by atoms with E-state index >= 15 is 0 Å². The van der Waals surface area contributed by atoms with Gasteiger partial charge in [0.15, 0.2) is 0 Å². The van der Waals surface area contributed by atoms with Gasteiger partial charge in [0.25, 0.3) is 0 Å². The van der Waals surface area contributed by atoms with Crippen LogP contribution in [0, 0.1) is 5.92 Å². The summed E-state index contributed by atoms with van der Waals surface area (Å²) in [7, 11) is 2.21. The molecule has 0 amide bonds. The third kappa shape index (κ3) is 3.00. The van der Waals surface area contributed by atoms with Crippen LogP contribution in [-0.4, -0.2) is 82.9 Å². The Labute approximate surface area is 169 Å². The van der Waals surface area contributed by atoms with Gasteiger partial charge >= 0.3 is 0 Å². The van der Waals surface area contributed by atoms with Crippen LogP contribution in [0.4, 0.5) is 17.7 Å². The fourth-order valence-corrected chi connectivity index (χ4v) is 5.44. The Hall–Kier alpha value is -2.52. The summed E-state index contributed by atoms with van der Waals surface area (Å²) in [4.78, 5) is 25.5. The lowest BCUT2D eigenvalue weighted by atomic mass is 10.0. The van der Waals surface area contributed by atoms with E-state index in [4.69, 9.17) is 20.4 Å². The first kappa shape index (κ1) is 17.3. The van der Waals surface area contributed by atoms with Crippen LogP contribution in [0.25, 0.3) is 11.3 Å². The summed E-state index contributed by atoms with van der Waals surface area (Å²) < 4.78 is 5.80. The molecule has 9 nitrogen and oxygen atoms in total. The van der Waals surface area contributed by atoms with Crippen LogP contribution in [0.3, 0.4) is 0 Å². The molecule has 4 aliphatic rings. The van der Waals surface area contributed by atoms with Crippen molar-refractivity contribution in [2.45, 2.75) is 31.0 Å². The monoisotopic (exact) mass is 394 g/mol. The van der Waals surface area contributed by atoms with Crippen LogP contribution in [0.1, 0.15) is 12.8 Å². The van der Waals surface area contributed by atoms with Gasteiger partial charge in [0, 0.05) is 56.2 Å². The highest BCUT2D eigenvalue weighted by Crippen LogP contribution is 2.36. The van der Waals surface area contributed by atoms with Crippen LogP contribution in [0.15, 0.2) is 18.5 Å². The summed E-state index contributed by atoms with van der Waals surface area (Å²) in [5, 5.41) is 0. The van der Waals surface area contributed by atoms with Gasteiger partial charge in [-0.25, -0.2) is 15.0 Å². The number of aromatic nitrogens is 4. The van der Waals surface area contributed by atoms with Gasteiger partial charge in [-0.15, -0.1) is 0 Å². The van der Waals surface area contributed by atoms with Crippen molar-refractivity contribution in [3.05, 3.63) is 18.5 Å². The predicted octanol–water partition coefficient (Wildman–Crippen LogP) is 0.634. The number of nitrogen functional groups attached to an aromatic ring is 1. The first-order chi connectivity index (χ1) is 14.1. The van der Waals surface area contributed by atoms with Crippen molar-refractivity contribution in [2.75, 3.05) is 55.4 Å². The molecule has 4 fully saturated rings. The fraction of sp³-hybridized carbons (Fsp3) is 0.600. The summed E-state index contributed by atoms with van der Waals surface area (Å²) in [6, 6.07) is 2.94. The zero-order valence-electron chi connectivity index (χ0n) is 16.6. The molecule has 6 heterocycles. The van der Waals surface area contributed by atoms with Crippen LogP contribution in [0.5, 0.6) is 0 Å². The van der Waals surface area contributed by atoms with Crippen molar-refractivity contribution in [3.63, 3.8) is 0 Å². The number of nitrogens with zero attached hydrogens (tertiary/aromatic N) is 7. The van der Waals surface area contributed by atoms with Crippen molar-refractivity contribution in [3.8, 4) is 11.3 Å². The largest absolute Gasteiger partial charge is 0.374 e. The van der Waals surface area contributed by atoms with E-state index in [1.54, 1.807) is 12.4 Å². The molecule has 2 N–H and O–H groups in total. The molecule has 2 aromatic rings. The number of likely N-dealkylation sites (N-methyl/N-ethyl adjacent to an activating group) is 1. The maximum absolute atomic E-state index is 5.80. The molecule has 0 radical (unpaired) electrons. The second-order valence-electron chi connectivity index (χ2n) is 8.87. The van der Waals surface area contributed by atoms with E-state index in [0.29, 0.717) is 24.1 Å². The minimum atomic E-state index is 0.272. The number of piperidine rings is 1. The molecule has 0 aliphatic carbocycles. The van der Waals surface area contributed by atoms with Crippen LogP contribution >= 0.6 is 0 Å². The first-order valence-electron chi connectivity index (χ1n) is 10.4. The summed E-state index contributed by atoms with van der Waals surface area (Å²) in [6.07, 6.45) is 6.11. The van der Waals surface area contributed by atoms with Crippen LogP contribution in [-0.2, 0) is 4.74 Å². The van der Waals surface area contributed by atoms with Crippen molar-refractivity contribution >= 4 is 17.7 Å². The molecule has 6 rings (SSSR count). The minimum Gasteiger partial charge on any atom is -0.374 e. The van der Waals surface area contributed by atoms with Gasteiger partial charge in [0.1, 0.15) is 5.82 Å². The average molecular weight is 394 g/mol. The van der Waals surface area contributed by atoms with E-state index in [-0.39, 0.29) is 5.95 Å². The lowest BCUT2D eigenvalue weighted by Gasteiger charge is -2.31. The number of anilines is 3. The molecular weight excluding hydrogens is 368 g/mol. The van der Waals surface area contributed by atoms with Crippen LogP contribution in [0.2, 0.25) is 0 Å². The Balaban J connectivity index is 1.41. The molecule has 29 heavy (non-hydrogen) atoms. The SMILES string of the molecule is CN1CC2CC(C1)N(c1nc(-c3cnc(N)nc3)cc(N3CC4CC3CO4)n1)C2. The molecule has 4 saturated heterocycles. The number of morpholine rings is 1. The van der Waals surface area contributed by atoms with Gasteiger partial charge in [0.05, 0.1) is 24.4 Å². The number of nitrogens with two attached hydrogens (primary N) is 1. The topological polar surface area (TPSA) is 96.5 Å². The molecule has 2 aromatic heterocycles. The van der Waals surface area contributed by atoms with Crippen LogP contribution < -0.4 is 15.5 Å². The average Bonchev–Trinajstić information content (AvgIpc) is 3.42. The van der Waals surface area contributed by atoms with E-state index in [2.05, 4.69) is 37.8 Å². The molecule has 4 bridgehead atoms.